The molecule has 1 heterocycles. The van der Waals surface area contributed by atoms with E-state index in [-0.39, 0.29) is 12.5 Å². The zero-order valence-electron chi connectivity index (χ0n) is 20.0. The molecule has 0 saturated carbocycles. The molecular weight excluding hydrogens is 522 g/mol. The van der Waals surface area contributed by atoms with Gasteiger partial charge in [0.2, 0.25) is 0 Å². The number of amides is 1. The van der Waals surface area contributed by atoms with Gasteiger partial charge in [-0.25, -0.2) is 5.43 Å². The second kappa shape index (κ2) is 12.2. The van der Waals surface area contributed by atoms with E-state index in [2.05, 4.69) is 37.5 Å². The van der Waals surface area contributed by atoms with Gasteiger partial charge in [0.25, 0.3) is 5.91 Å². The SMILES string of the molecule is CCOc1cc(/C=N/NC(=O)COc2cccc3cccnc23)cc(Br)c1OCc1cccc(C)c1. The van der Waals surface area contributed by atoms with E-state index in [4.69, 9.17) is 14.2 Å². The summed E-state index contributed by atoms with van der Waals surface area (Å²) in [5.41, 5.74) is 6.16. The van der Waals surface area contributed by atoms with Crippen LogP contribution < -0.4 is 19.6 Å². The maximum atomic E-state index is 12.3. The summed E-state index contributed by atoms with van der Waals surface area (Å²) in [7, 11) is 0. The number of hydrogen-bond donors (Lipinski definition) is 1. The van der Waals surface area contributed by atoms with Crippen molar-refractivity contribution >= 4 is 39.0 Å². The van der Waals surface area contributed by atoms with Gasteiger partial charge < -0.3 is 14.2 Å². The predicted octanol–water partition coefficient (Wildman–Crippen LogP) is 5.81. The average Bonchev–Trinajstić information content (AvgIpc) is 2.87. The van der Waals surface area contributed by atoms with Crippen molar-refractivity contribution in [2.24, 2.45) is 5.10 Å². The Morgan fingerprint density at radius 2 is 1.86 bits per heavy atom. The van der Waals surface area contributed by atoms with Gasteiger partial charge in [-0.2, -0.15) is 5.10 Å². The number of aromatic nitrogens is 1. The van der Waals surface area contributed by atoms with Gasteiger partial charge in [0.15, 0.2) is 18.1 Å². The molecule has 0 unspecified atom stereocenters. The van der Waals surface area contributed by atoms with E-state index in [0.717, 1.165) is 21.0 Å². The summed E-state index contributed by atoms with van der Waals surface area (Å²) in [5.74, 6) is 1.34. The molecule has 1 aromatic heterocycles. The minimum Gasteiger partial charge on any atom is -0.490 e. The van der Waals surface area contributed by atoms with Crippen molar-refractivity contribution in [3.8, 4) is 17.2 Å². The van der Waals surface area contributed by atoms with E-state index in [1.807, 2.05) is 68.4 Å². The maximum Gasteiger partial charge on any atom is 0.277 e. The first-order valence-corrected chi connectivity index (χ1v) is 12.3. The lowest BCUT2D eigenvalue weighted by Gasteiger charge is -2.15. The normalized spacial score (nSPS) is 11.0. The zero-order valence-corrected chi connectivity index (χ0v) is 21.6. The van der Waals surface area contributed by atoms with Crippen LogP contribution >= 0.6 is 15.9 Å². The van der Waals surface area contributed by atoms with Gasteiger partial charge in [0.1, 0.15) is 17.9 Å². The molecule has 0 bridgehead atoms. The highest BCUT2D eigenvalue weighted by molar-refractivity contribution is 9.10. The Bertz CT molecular complexity index is 1390. The topological polar surface area (TPSA) is 82.0 Å². The maximum absolute atomic E-state index is 12.3. The van der Waals surface area contributed by atoms with Gasteiger partial charge in [-0.05, 0) is 65.2 Å². The molecule has 0 aliphatic rings. The van der Waals surface area contributed by atoms with Crippen molar-refractivity contribution in [3.63, 3.8) is 0 Å². The zero-order chi connectivity index (χ0) is 25.3. The minimum absolute atomic E-state index is 0.188. The molecule has 0 atom stereocenters. The molecule has 36 heavy (non-hydrogen) atoms. The van der Waals surface area contributed by atoms with E-state index < -0.39 is 0 Å². The molecule has 1 amide bonds. The predicted molar refractivity (Wildman–Crippen MR) is 144 cm³/mol. The number of rotatable bonds is 10. The van der Waals surface area contributed by atoms with Crippen LogP contribution in [0.3, 0.4) is 0 Å². The largest absolute Gasteiger partial charge is 0.490 e. The second-order valence-corrected chi connectivity index (χ2v) is 8.81. The Morgan fingerprint density at radius 3 is 2.69 bits per heavy atom. The monoisotopic (exact) mass is 547 g/mol. The minimum atomic E-state index is -0.388. The molecule has 184 valence electrons. The standard InChI is InChI=1S/C28H26BrN3O4/c1-3-34-25-15-21(14-23(29)28(25)36-17-20-8-4-7-19(2)13-20)16-31-32-26(33)18-35-24-11-5-9-22-10-6-12-30-27(22)24/h4-16H,3,17-18H2,1-2H3,(H,32,33)/b31-16+. The van der Waals surface area contributed by atoms with Crippen LogP contribution in [0, 0.1) is 6.92 Å². The van der Waals surface area contributed by atoms with Crippen LogP contribution in [0.4, 0.5) is 0 Å². The highest BCUT2D eigenvalue weighted by atomic mass is 79.9. The number of nitrogens with one attached hydrogen (secondary N) is 1. The van der Waals surface area contributed by atoms with E-state index in [1.54, 1.807) is 12.3 Å². The Hall–Kier alpha value is -3.91. The van der Waals surface area contributed by atoms with Crippen LogP contribution in [0.1, 0.15) is 23.6 Å². The Balaban J connectivity index is 1.38. The number of nitrogens with zero attached hydrogens (tertiary/aromatic N) is 2. The van der Waals surface area contributed by atoms with Crippen LogP contribution in [-0.2, 0) is 11.4 Å². The van der Waals surface area contributed by atoms with Gasteiger partial charge in [-0.1, -0.05) is 48.0 Å². The molecule has 1 N–H and O–H groups in total. The van der Waals surface area contributed by atoms with Crippen molar-refractivity contribution in [3.05, 3.63) is 94.1 Å². The molecular formula is C28H26BrN3O4. The number of para-hydroxylation sites is 1. The Labute approximate surface area is 218 Å². The van der Waals surface area contributed by atoms with Gasteiger partial charge >= 0.3 is 0 Å². The fourth-order valence-electron chi connectivity index (χ4n) is 3.57. The average molecular weight is 548 g/mol. The van der Waals surface area contributed by atoms with Crippen molar-refractivity contribution in [1.82, 2.24) is 10.4 Å². The Kier molecular flexibility index (Phi) is 8.52. The van der Waals surface area contributed by atoms with Crippen LogP contribution in [0.15, 0.2) is 82.5 Å². The fraction of sp³-hybridized carbons (Fsp3) is 0.179. The van der Waals surface area contributed by atoms with Crippen molar-refractivity contribution in [2.45, 2.75) is 20.5 Å². The van der Waals surface area contributed by atoms with Gasteiger partial charge in [-0.3, -0.25) is 9.78 Å². The highest BCUT2D eigenvalue weighted by Crippen LogP contribution is 2.37. The van der Waals surface area contributed by atoms with E-state index >= 15 is 0 Å². The summed E-state index contributed by atoms with van der Waals surface area (Å²) in [4.78, 5) is 16.6. The van der Waals surface area contributed by atoms with Crippen molar-refractivity contribution in [2.75, 3.05) is 13.2 Å². The van der Waals surface area contributed by atoms with E-state index in [1.165, 1.54) is 11.8 Å². The summed E-state index contributed by atoms with van der Waals surface area (Å²) in [6, 6.07) is 21.2. The third kappa shape index (κ3) is 6.60. The summed E-state index contributed by atoms with van der Waals surface area (Å²) in [6.45, 7) is 4.66. The summed E-state index contributed by atoms with van der Waals surface area (Å²) in [6.07, 6.45) is 3.22. The molecule has 4 aromatic rings. The van der Waals surface area contributed by atoms with Gasteiger partial charge in [0, 0.05) is 11.6 Å². The second-order valence-electron chi connectivity index (χ2n) is 7.95. The third-order valence-electron chi connectivity index (χ3n) is 5.15. The quantitative estimate of drug-likeness (QED) is 0.200. The van der Waals surface area contributed by atoms with E-state index in [0.29, 0.717) is 36.0 Å². The number of halogens is 1. The molecule has 0 aliphatic carbocycles. The van der Waals surface area contributed by atoms with Gasteiger partial charge in [-0.15, -0.1) is 0 Å². The number of carbonyl (C=O) groups excluding carboxylic acids is 1. The summed E-state index contributed by atoms with van der Waals surface area (Å²) in [5, 5.41) is 4.99. The number of carbonyl (C=O) groups is 1. The van der Waals surface area contributed by atoms with E-state index in [9.17, 15) is 4.79 Å². The lowest BCUT2D eigenvalue weighted by atomic mass is 10.1. The lowest BCUT2D eigenvalue weighted by Crippen LogP contribution is -2.24. The van der Waals surface area contributed by atoms with Crippen molar-refractivity contribution < 1.29 is 19.0 Å². The number of hydrazone groups is 1. The van der Waals surface area contributed by atoms with Crippen LogP contribution in [0.2, 0.25) is 0 Å². The number of pyridine rings is 1. The molecule has 0 radical (unpaired) electrons. The summed E-state index contributed by atoms with van der Waals surface area (Å²) < 4.78 is 18.2. The molecule has 7 nitrogen and oxygen atoms in total. The first-order valence-electron chi connectivity index (χ1n) is 11.5. The molecule has 0 aliphatic heterocycles. The molecule has 8 heteroatoms. The van der Waals surface area contributed by atoms with Crippen LogP contribution in [-0.4, -0.2) is 30.3 Å². The first kappa shape index (κ1) is 25.2. The van der Waals surface area contributed by atoms with Crippen LogP contribution in [0.25, 0.3) is 10.9 Å². The molecule has 0 saturated heterocycles. The molecule has 3 aromatic carbocycles. The number of benzene rings is 3. The number of aryl methyl sites for hydroxylation is 1. The smallest absolute Gasteiger partial charge is 0.277 e. The number of hydrogen-bond acceptors (Lipinski definition) is 6. The lowest BCUT2D eigenvalue weighted by molar-refractivity contribution is -0.123. The number of ether oxygens (including phenoxy) is 3. The molecule has 0 fully saturated rings. The molecule has 0 spiro atoms. The van der Waals surface area contributed by atoms with Crippen molar-refractivity contribution in [1.29, 1.82) is 0 Å². The van der Waals surface area contributed by atoms with Crippen LogP contribution in [0.5, 0.6) is 17.2 Å². The highest BCUT2D eigenvalue weighted by Gasteiger charge is 2.13. The first-order chi connectivity index (χ1) is 17.5. The summed E-state index contributed by atoms with van der Waals surface area (Å²) >= 11 is 3.57. The molecule has 4 rings (SSSR count). The number of fused-ring (bicyclic) bond motifs is 1. The Morgan fingerprint density at radius 1 is 1.03 bits per heavy atom. The van der Waals surface area contributed by atoms with Gasteiger partial charge in [0.05, 0.1) is 17.3 Å². The fourth-order valence-corrected chi connectivity index (χ4v) is 4.14. The third-order valence-corrected chi connectivity index (χ3v) is 5.74.